The van der Waals surface area contributed by atoms with E-state index in [1.807, 2.05) is 12.5 Å². The van der Waals surface area contributed by atoms with Crippen molar-refractivity contribution in [1.29, 1.82) is 0 Å². The van der Waals surface area contributed by atoms with Gasteiger partial charge in [0.2, 0.25) is 0 Å². The van der Waals surface area contributed by atoms with Crippen molar-refractivity contribution >= 4 is 0 Å². The van der Waals surface area contributed by atoms with Gasteiger partial charge in [0.25, 0.3) is 0 Å². The second-order valence-corrected chi connectivity index (χ2v) is 4.02. The van der Waals surface area contributed by atoms with E-state index < -0.39 is 0 Å². The lowest BCUT2D eigenvalue weighted by atomic mass is 10.1. The van der Waals surface area contributed by atoms with Crippen LogP contribution in [0.3, 0.4) is 0 Å². The van der Waals surface area contributed by atoms with Crippen LogP contribution in [0.1, 0.15) is 39.3 Å². The number of rotatable bonds is 3. The van der Waals surface area contributed by atoms with Crippen LogP contribution in [0.25, 0.3) is 0 Å². The highest BCUT2D eigenvalue weighted by Gasteiger charge is 2.06. The number of hydrogen-bond acceptors (Lipinski definition) is 1. The van der Waals surface area contributed by atoms with E-state index in [-0.39, 0.29) is 0 Å². The third-order valence-electron chi connectivity index (χ3n) is 1.90. The molecule has 1 heterocycles. The van der Waals surface area contributed by atoms with Crippen molar-refractivity contribution in [3.63, 3.8) is 0 Å². The summed E-state index contributed by atoms with van der Waals surface area (Å²) < 4.78 is 2.25. The average molecular weight is 166 g/mol. The molecule has 0 unspecified atom stereocenters. The third-order valence-corrected chi connectivity index (χ3v) is 1.90. The van der Waals surface area contributed by atoms with Gasteiger partial charge >= 0.3 is 0 Å². The average Bonchev–Trinajstić information content (AvgIpc) is 2.33. The fraction of sp³-hybridized carbons (Fsp3) is 0.700. The topological polar surface area (TPSA) is 17.8 Å². The van der Waals surface area contributed by atoms with Crippen molar-refractivity contribution in [2.75, 3.05) is 0 Å². The van der Waals surface area contributed by atoms with Crippen molar-refractivity contribution in [2.24, 2.45) is 5.92 Å². The second kappa shape index (κ2) is 3.74. The molecule has 1 aromatic heterocycles. The molecule has 0 saturated carbocycles. The molecule has 0 spiro atoms. The molecule has 12 heavy (non-hydrogen) atoms. The largest absolute Gasteiger partial charge is 0.334 e. The summed E-state index contributed by atoms with van der Waals surface area (Å²) in [7, 11) is 0. The van der Waals surface area contributed by atoms with E-state index >= 15 is 0 Å². The van der Waals surface area contributed by atoms with Crippen molar-refractivity contribution < 1.29 is 0 Å². The maximum Gasteiger partial charge on any atom is 0.0948 e. The predicted octanol–water partition coefficient (Wildman–Crippen LogP) is 2.66. The van der Waals surface area contributed by atoms with Gasteiger partial charge in [-0.1, -0.05) is 27.7 Å². The van der Waals surface area contributed by atoms with Crippen LogP contribution in [-0.2, 0) is 6.54 Å². The Labute approximate surface area is 74.6 Å². The Balaban J connectivity index is 2.77. The zero-order chi connectivity index (χ0) is 9.14. The Morgan fingerprint density at radius 2 is 2.00 bits per heavy atom. The summed E-state index contributed by atoms with van der Waals surface area (Å²) >= 11 is 0. The molecule has 0 aliphatic rings. The molecule has 1 rings (SSSR count). The molecule has 0 aliphatic heterocycles. The maximum atomic E-state index is 4.16. The normalized spacial score (nSPS) is 11.5. The standard InChI is InChI=1S/C10H18N2/c1-8(2)6-12-7-11-5-10(12)9(3)4/h5,7-9H,6H2,1-4H3. The van der Waals surface area contributed by atoms with Crippen LogP contribution in [0.5, 0.6) is 0 Å². The molecule has 0 saturated heterocycles. The SMILES string of the molecule is CC(C)Cn1cncc1C(C)C. The molecule has 0 atom stereocenters. The monoisotopic (exact) mass is 166 g/mol. The Bertz CT molecular complexity index is 236. The van der Waals surface area contributed by atoms with Gasteiger partial charge in [-0.2, -0.15) is 0 Å². The summed E-state index contributed by atoms with van der Waals surface area (Å²) in [4.78, 5) is 4.16. The molecule has 1 aromatic rings. The lowest BCUT2D eigenvalue weighted by Crippen LogP contribution is -2.07. The summed E-state index contributed by atoms with van der Waals surface area (Å²) in [5, 5.41) is 0. The smallest absolute Gasteiger partial charge is 0.0948 e. The molecule has 2 heteroatoms. The second-order valence-electron chi connectivity index (χ2n) is 4.02. The molecule has 0 aromatic carbocycles. The molecule has 0 N–H and O–H groups in total. The van der Waals surface area contributed by atoms with E-state index in [0.717, 1.165) is 6.54 Å². The van der Waals surface area contributed by atoms with Gasteiger partial charge in [0.1, 0.15) is 0 Å². The number of aromatic nitrogens is 2. The summed E-state index contributed by atoms with van der Waals surface area (Å²) in [5.74, 6) is 1.27. The molecule has 0 amide bonds. The van der Waals surface area contributed by atoms with Gasteiger partial charge in [-0.3, -0.25) is 0 Å². The molecular formula is C10H18N2. The Kier molecular flexibility index (Phi) is 2.90. The summed E-state index contributed by atoms with van der Waals surface area (Å²) in [6.45, 7) is 9.93. The number of nitrogens with zero attached hydrogens (tertiary/aromatic N) is 2. The van der Waals surface area contributed by atoms with E-state index in [1.54, 1.807) is 0 Å². The van der Waals surface area contributed by atoms with Crippen LogP contribution >= 0.6 is 0 Å². The van der Waals surface area contributed by atoms with Crippen molar-refractivity contribution in [3.8, 4) is 0 Å². The lowest BCUT2D eigenvalue weighted by molar-refractivity contribution is 0.502. The van der Waals surface area contributed by atoms with E-state index in [1.165, 1.54) is 5.69 Å². The van der Waals surface area contributed by atoms with Gasteiger partial charge in [-0.25, -0.2) is 4.98 Å². The zero-order valence-corrected chi connectivity index (χ0v) is 8.41. The van der Waals surface area contributed by atoms with Crippen molar-refractivity contribution in [2.45, 2.75) is 40.2 Å². The molecule has 0 bridgehead atoms. The van der Waals surface area contributed by atoms with Crippen LogP contribution in [0.4, 0.5) is 0 Å². The third kappa shape index (κ3) is 2.10. The first-order valence-corrected chi connectivity index (χ1v) is 4.61. The first kappa shape index (κ1) is 9.30. The zero-order valence-electron chi connectivity index (χ0n) is 8.41. The fourth-order valence-corrected chi connectivity index (χ4v) is 1.36. The molecular weight excluding hydrogens is 148 g/mol. The molecule has 0 aliphatic carbocycles. The minimum Gasteiger partial charge on any atom is -0.334 e. The van der Waals surface area contributed by atoms with Gasteiger partial charge in [-0.05, 0) is 11.8 Å². The molecule has 0 fully saturated rings. The molecule has 68 valence electrons. The maximum absolute atomic E-state index is 4.16. The molecule has 0 radical (unpaired) electrons. The highest BCUT2D eigenvalue weighted by molar-refractivity contribution is 5.03. The minimum absolute atomic E-state index is 0.575. The van der Waals surface area contributed by atoms with Crippen molar-refractivity contribution in [1.82, 2.24) is 9.55 Å². The van der Waals surface area contributed by atoms with E-state index in [4.69, 9.17) is 0 Å². The quantitative estimate of drug-likeness (QED) is 0.675. The minimum atomic E-state index is 0.575. The van der Waals surface area contributed by atoms with E-state index in [0.29, 0.717) is 11.8 Å². The van der Waals surface area contributed by atoms with Crippen molar-refractivity contribution in [3.05, 3.63) is 18.2 Å². The fourth-order valence-electron chi connectivity index (χ4n) is 1.36. The van der Waals surface area contributed by atoms with Gasteiger partial charge < -0.3 is 4.57 Å². The van der Waals surface area contributed by atoms with Gasteiger partial charge in [-0.15, -0.1) is 0 Å². The van der Waals surface area contributed by atoms with Crippen LogP contribution < -0.4 is 0 Å². The Morgan fingerprint density at radius 3 is 2.50 bits per heavy atom. The Morgan fingerprint density at radius 1 is 1.33 bits per heavy atom. The summed E-state index contributed by atoms with van der Waals surface area (Å²) in [6, 6.07) is 0. The van der Waals surface area contributed by atoms with E-state index in [2.05, 4.69) is 37.2 Å². The van der Waals surface area contributed by atoms with Crippen LogP contribution in [0.2, 0.25) is 0 Å². The van der Waals surface area contributed by atoms with Crippen LogP contribution in [0, 0.1) is 5.92 Å². The van der Waals surface area contributed by atoms with Crippen LogP contribution in [0.15, 0.2) is 12.5 Å². The number of imidazole rings is 1. The van der Waals surface area contributed by atoms with Gasteiger partial charge in [0, 0.05) is 18.4 Å². The summed E-state index contributed by atoms with van der Waals surface area (Å²) in [6.07, 6.45) is 3.89. The lowest BCUT2D eigenvalue weighted by Gasteiger charge is -2.12. The predicted molar refractivity (Wildman–Crippen MR) is 51.2 cm³/mol. The van der Waals surface area contributed by atoms with Crippen LogP contribution in [-0.4, -0.2) is 9.55 Å². The first-order chi connectivity index (χ1) is 5.61. The Hall–Kier alpha value is -0.790. The number of hydrogen-bond donors (Lipinski definition) is 0. The first-order valence-electron chi connectivity index (χ1n) is 4.61. The highest BCUT2D eigenvalue weighted by atomic mass is 15.0. The van der Waals surface area contributed by atoms with E-state index in [9.17, 15) is 0 Å². The molecule has 2 nitrogen and oxygen atoms in total. The highest BCUT2D eigenvalue weighted by Crippen LogP contribution is 2.14. The summed E-state index contributed by atoms with van der Waals surface area (Å²) in [5.41, 5.74) is 1.34. The van der Waals surface area contributed by atoms with Gasteiger partial charge in [0.05, 0.1) is 6.33 Å². The van der Waals surface area contributed by atoms with Gasteiger partial charge in [0.15, 0.2) is 0 Å².